The van der Waals surface area contributed by atoms with Crippen LogP contribution in [0.1, 0.15) is 31.1 Å². The smallest absolute Gasteiger partial charge is 0.333 e. The van der Waals surface area contributed by atoms with Gasteiger partial charge in [0.2, 0.25) is 5.82 Å². The summed E-state index contributed by atoms with van der Waals surface area (Å²) in [5.41, 5.74) is 1.02. The van der Waals surface area contributed by atoms with Gasteiger partial charge in [0.25, 0.3) is 0 Å². The second kappa shape index (κ2) is 5.90. The van der Waals surface area contributed by atoms with Crippen LogP contribution in [0.5, 0.6) is 0 Å². The summed E-state index contributed by atoms with van der Waals surface area (Å²) in [4.78, 5) is 10.7. The van der Waals surface area contributed by atoms with Gasteiger partial charge >= 0.3 is 5.69 Å². The van der Waals surface area contributed by atoms with Crippen LogP contribution in [0.15, 0.2) is 24.3 Å². The molecule has 0 saturated carbocycles. The van der Waals surface area contributed by atoms with Crippen molar-refractivity contribution in [2.45, 2.75) is 33.4 Å². The van der Waals surface area contributed by atoms with Crippen molar-refractivity contribution >= 4 is 11.5 Å². The van der Waals surface area contributed by atoms with Crippen molar-refractivity contribution in [3.8, 4) is 0 Å². The molecule has 1 aromatic carbocycles. The second-order valence-corrected chi connectivity index (χ2v) is 5.06. The molecule has 0 aliphatic carbocycles. The number of benzene rings is 1. The Kier molecular flexibility index (Phi) is 4.21. The van der Waals surface area contributed by atoms with Gasteiger partial charge in [0.1, 0.15) is 11.5 Å². The van der Waals surface area contributed by atoms with E-state index in [9.17, 15) is 14.5 Å². The molecule has 1 aromatic heterocycles. The predicted molar refractivity (Wildman–Crippen MR) is 77.7 cm³/mol. The Morgan fingerprint density at radius 3 is 2.76 bits per heavy atom. The van der Waals surface area contributed by atoms with E-state index in [0.717, 1.165) is 0 Å². The molecule has 0 bridgehead atoms. The number of halogens is 1. The summed E-state index contributed by atoms with van der Waals surface area (Å²) in [5.74, 6) is 0.00843. The number of nitro groups is 1. The highest BCUT2D eigenvalue weighted by Crippen LogP contribution is 2.30. The Morgan fingerprint density at radius 2 is 2.19 bits per heavy atom. The summed E-state index contributed by atoms with van der Waals surface area (Å²) >= 11 is 0. The maximum atomic E-state index is 13.2. The van der Waals surface area contributed by atoms with Crippen molar-refractivity contribution in [1.29, 1.82) is 0 Å². The fourth-order valence-corrected chi connectivity index (χ4v) is 2.13. The Hall–Kier alpha value is -2.44. The predicted octanol–water partition coefficient (Wildman–Crippen LogP) is 3.43. The summed E-state index contributed by atoms with van der Waals surface area (Å²) in [5, 5.41) is 18.4. The van der Waals surface area contributed by atoms with E-state index >= 15 is 0 Å². The molecule has 2 aromatic rings. The van der Waals surface area contributed by atoms with E-state index < -0.39 is 4.92 Å². The molecule has 0 radical (unpaired) electrons. The van der Waals surface area contributed by atoms with Gasteiger partial charge < -0.3 is 5.32 Å². The number of hydrogen-bond donors (Lipinski definition) is 1. The average Bonchev–Trinajstić information content (AvgIpc) is 2.73. The van der Waals surface area contributed by atoms with Crippen LogP contribution in [0.4, 0.5) is 15.9 Å². The molecule has 0 unspecified atom stereocenters. The minimum absolute atomic E-state index is 0.0209. The van der Waals surface area contributed by atoms with Gasteiger partial charge in [0, 0.05) is 12.6 Å². The summed E-state index contributed by atoms with van der Waals surface area (Å²) < 4.78 is 14.7. The second-order valence-electron chi connectivity index (χ2n) is 5.06. The van der Waals surface area contributed by atoms with E-state index in [0.29, 0.717) is 17.1 Å². The third-order valence-electron chi connectivity index (χ3n) is 3.07. The lowest BCUT2D eigenvalue weighted by atomic mass is 10.2. The number of nitrogens with zero attached hydrogens (tertiary/aromatic N) is 3. The molecule has 1 heterocycles. The van der Waals surface area contributed by atoms with Crippen molar-refractivity contribution < 1.29 is 9.31 Å². The normalized spacial score (nSPS) is 10.9. The highest BCUT2D eigenvalue weighted by molar-refractivity contribution is 5.60. The molecule has 1 N–H and O–H groups in total. The molecular weight excluding hydrogens is 275 g/mol. The first-order valence-corrected chi connectivity index (χ1v) is 6.62. The average molecular weight is 292 g/mol. The number of anilines is 1. The molecule has 7 heteroatoms. The fraction of sp³-hybridized carbons (Fsp3) is 0.357. The summed E-state index contributed by atoms with van der Waals surface area (Å²) in [6.07, 6.45) is 0. The van der Waals surface area contributed by atoms with E-state index in [-0.39, 0.29) is 24.1 Å². The van der Waals surface area contributed by atoms with Crippen molar-refractivity contribution in [3.63, 3.8) is 0 Å². The Labute approximate surface area is 121 Å². The van der Waals surface area contributed by atoms with Gasteiger partial charge in [-0.3, -0.25) is 10.1 Å². The minimum atomic E-state index is -0.449. The third kappa shape index (κ3) is 3.18. The first-order valence-electron chi connectivity index (χ1n) is 6.62. The molecule has 21 heavy (non-hydrogen) atoms. The van der Waals surface area contributed by atoms with E-state index in [1.807, 2.05) is 13.8 Å². The van der Waals surface area contributed by atoms with Crippen LogP contribution in [0.3, 0.4) is 0 Å². The number of aryl methyl sites for hydroxylation is 1. The quantitative estimate of drug-likeness (QED) is 0.677. The van der Waals surface area contributed by atoms with Gasteiger partial charge in [0.15, 0.2) is 0 Å². The van der Waals surface area contributed by atoms with Gasteiger partial charge in [0.05, 0.1) is 4.92 Å². The zero-order chi connectivity index (χ0) is 15.6. The van der Waals surface area contributed by atoms with Gasteiger partial charge in [-0.25, -0.2) is 9.07 Å². The molecule has 0 aliphatic heterocycles. The third-order valence-corrected chi connectivity index (χ3v) is 3.07. The SMILES string of the molecule is Cc1nn(C(C)C)c(NCc2cccc(F)c2)c1[N+](=O)[O-]. The van der Waals surface area contributed by atoms with Crippen LogP contribution in [0.25, 0.3) is 0 Å². The van der Waals surface area contributed by atoms with Gasteiger partial charge in [-0.1, -0.05) is 12.1 Å². The van der Waals surface area contributed by atoms with Gasteiger partial charge in [-0.2, -0.15) is 5.10 Å². The number of aromatic nitrogens is 2. The lowest BCUT2D eigenvalue weighted by Crippen LogP contribution is -2.11. The largest absolute Gasteiger partial charge is 0.360 e. The first-order chi connectivity index (χ1) is 9.90. The summed E-state index contributed by atoms with van der Waals surface area (Å²) in [7, 11) is 0. The monoisotopic (exact) mass is 292 g/mol. The summed E-state index contributed by atoms with van der Waals surface area (Å²) in [6, 6.07) is 6.08. The van der Waals surface area contributed by atoms with Crippen molar-refractivity contribution in [1.82, 2.24) is 9.78 Å². The lowest BCUT2D eigenvalue weighted by molar-refractivity contribution is -0.384. The molecule has 0 amide bonds. The topological polar surface area (TPSA) is 73.0 Å². The van der Waals surface area contributed by atoms with E-state index in [1.54, 1.807) is 23.7 Å². The highest BCUT2D eigenvalue weighted by Gasteiger charge is 2.26. The van der Waals surface area contributed by atoms with Crippen LogP contribution in [-0.2, 0) is 6.54 Å². The van der Waals surface area contributed by atoms with Crippen molar-refractivity contribution in [3.05, 3.63) is 51.5 Å². The number of hydrogen-bond acceptors (Lipinski definition) is 4. The van der Waals surface area contributed by atoms with Crippen LogP contribution in [-0.4, -0.2) is 14.7 Å². The number of nitrogens with one attached hydrogen (secondary N) is 1. The lowest BCUT2D eigenvalue weighted by Gasteiger charge is -2.12. The highest BCUT2D eigenvalue weighted by atomic mass is 19.1. The van der Waals surface area contributed by atoms with Gasteiger partial charge in [-0.05, 0) is 38.5 Å². The molecule has 0 spiro atoms. The fourth-order valence-electron chi connectivity index (χ4n) is 2.13. The molecule has 6 nitrogen and oxygen atoms in total. The molecule has 0 saturated heterocycles. The molecule has 0 aliphatic rings. The van der Waals surface area contributed by atoms with E-state index in [1.165, 1.54) is 12.1 Å². The van der Waals surface area contributed by atoms with Gasteiger partial charge in [-0.15, -0.1) is 0 Å². The van der Waals surface area contributed by atoms with Crippen LogP contribution < -0.4 is 5.32 Å². The Morgan fingerprint density at radius 1 is 1.48 bits per heavy atom. The summed E-state index contributed by atoms with van der Waals surface area (Å²) in [6.45, 7) is 5.67. The molecule has 112 valence electrons. The van der Waals surface area contributed by atoms with Crippen molar-refractivity contribution in [2.24, 2.45) is 0 Å². The van der Waals surface area contributed by atoms with Crippen LogP contribution in [0.2, 0.25) is 0 Å². The van der Waals surface area contributed by atoms with E-state index in [2.05, 4.69) is 10.4 Å². The molecule has 0 atom stereocenters. The van der Waals surface area contributed by atoms with Crippen molar-refractivity contribution in [2.75, 3.05) is 5.32 Å². The Bertz CT molecular complexity index is 667. The molecular formula is C14H17FN4O2. The molecule has 2 rings (SSSR count). The van der Waals surface area contributed by atoms with Crippen LogP contribution >= 0.6 is 0 Å². The maximum Gasteiger partial charge on any atom is 0.333 e. The Balaban J connectivity index is 2.32. The maximum absolute atomic E-state index is 13.2. The van der Waals surface area contributed by atoms with Crippen LogP contribution in [0, 0.1) is 22.9 Å². The minimum Gasteiger partial charge on any atom is -0.360 e. The van der Waals surface area contributed by atoms with E-state index in [4.69, 9.17) is 0 Å². The first kappa shape index (κ1) is 15.0. The zero-order valence-corrected chi connectivity index (χ0v) is 12.1. The molecule has 0 fully saturated rings. The standard InChI is InChI=1S/C14H17FN4O2/c1-9(2)18-14(13(19(20)21)10(3)17-18)16-8-11-5-4-6-12(15)7-11/h4-7,9,16H,8H2,1-3H3. The zero-order valence-electron chi connectivity index (χ0n) is 12.1. The number of rotatable bonds is 5.